The molecule has 3 nitrogen and oxygen atoms in total. The van der Waals surface area contributed by atoms with Gasteiger partial charge in [-0.25, -0.2) is 4.79 Å². The maximum atomic E-state index is 11.7. The molecule has 17 heavy (non-hydrogen) atoms. The quantitative estimate of drug-likeness (QED) is 0.685. The average Bonchev–Trinajstić information content (AvgIpc) is 2.82. The van der Waals surface area contributed by atoms with Crippen LogP contribution in [0.2, 0.25) is 5.02 Å². The highest BCUT2D eigenvalue weighted by molar-refractivity contribution is 7.09. The summed E-state index contributed by atoms with van der Waals surface area (Å²) in [4.78, 5) is 12.7. The zero-order valence-electron chi connectivity index (χ0n) is 8.85. The predicted molar refractivity (Wildman–Crippen MR) is 69.3 cm³/mol. The molecule has 1 aromatic carbocycles. The third-order valence-electron chi connectivity index (χ3n) is 2.16. The molecular weight excluding hydrogens is 258 g/mol. The summed E-state index contributed by atoms with van der Waals surface area (Å²) < 4.78 is 5.14. The number of anilines is 1. The Morgan fingerprint density at radius 3 is 2.88 bits per heavy atom. The number of nitrogens with two attached hydrogens (primary N) is 1. The van der Waals surface area contributed by atoms with Crippen LogP contribution < -0.4 is 5.73 Å². The van der Waals surface area contributed by atoms with Crippen molar-refractivity contribution in [2.24, 2.45) is 0 Å². The van der Waals surface area contributed by atoms with E-state index >= 15 is 0 Å². The molecule has 0 atom stereocenters. The Kier molecular flexibility index (Phi) is 3.66. The molecule has 88 valence electrons. The van der Waals surface area contributed by atoms with Crippen LogP contribution in [-0.2, 0) is 11.3 Å². The lowest BCUT2D eigenvalue weighted by Gasteiger charge is -2.04. The number of nitrogen functional groups attached to an aromatic ring is 1. The molecule has 0 radical (unpaired) electrons. The Bertz CT molecular complexity index is 525. The maximum Gasteiger partial charge on any atom is 0.338 e. The molecule has 2 rings (SSSR count). The Morgan fingerprint density at radius 1 is 1.41 bits per heavy atom. The van der Waals surface area contributed by atoms with Crippen molar-refractivity contribution in [1.82, 2.24) is 0 Å². The van der Waals surface area contributed by atoms with Gasteiger partial charge in [-0.1, -0.05) is 17.7 Å². The van der Waals surface area contributed by atoms with E-state index < -0.39 is 5.97 Å². The minimum Gasteiger partial charge on any atom is -0.456 e. The summed E-state index contributed by atoms with van der Waals surface area (Å²) in [7, 11) is 0. The van der Waals surface area contributed by atoms with Gasteiger partial charge < -0.3 is 10.5 Å². The Hall–Kier alpha value is -1.52. The second kappa shape index (κ2) is 5.21. The van der Waals surface area contributed by atoms with E-state index in [9.17, 15) is 4.79 Å². The van der Waals surface area contributed by atoms with Crippen LogP contribution in [-0.4, -0.2) is 5.97 Å². The van der Waals surface area contributed by atoms with Crippen molar-refractivity contribution in [1.29, 1.82) is 0 Å². The maximum absolute atomic E-state index is 11.7. The number of thiophene rings is 1. The molecule has 0 unspecified atom stereocenters. The first kappa shape index (κ1) is 12.0. The van der Waals surface area contributed by atoms with E-state index in [1.807, 2.05) is 17.5 Å². The molecule has 2 N–H and O–H groups in total. The molecule has 0 aliphatic carbocycles. The molecule has 2 aromatic rings. The second-order valence-electron chi connectivity index (χ2n) is 3.39. The number of benzene rings is 1. The first-order chi connectivity index (χ1) is 8.16. The van der Waals surface area contributed by atoms with Crippen molar-refractivity contribution >= 4 is 34.6 Å². The SMILES string of the molecule is Nc1ccc(C(=O)OCc2cccs2)cc1Cl. The molecule has 1 aromatic heterocycles. The highest BCUT2D eigenvalue weighted by Gasteiger charge is 2.09. The van der Waals surface area contributed by atoms with Gasteiger partial charge in [0.25, 0.3) is 0 Å². The highest BCUT2D eigenvalue weighted by atomic mass is 35.5. The minimum absolute atomic E-state index is 0.276. The van der Waals surface area contributed by atoms with Crippen LogP contribution in [0.1, 0.15) is 15.2 Å². The van der Waals surface area contributed by atoms with Gasteiger partial charge in [0.2, 0.25) is 0 Å². The van der Waals surface area contributed by atoms with Crippen LogP contribution in [0.3, 0.4) is 0 Å². The molecule has 0 bridgehead atoms. The summed E-state index contributed by atoms with van der Waals surface area (Å²) in [6.45, 7) is 0.276. The topological polar surface area (TPSA) is 52.3 Å². The third kappa shape index (κ3) is 2.99. The zero-order chi connectivity index (χ0) is 12.3. The molecule has 0 spiro atoms. The lowest BCUT2D eigenvalue weighted by molar-refractivity contribution is 0.0477. The van der Waals surface area contributed by atoms with E-state index in [-0.39, 0.29) is 6.61 Å². The number of hydrogen-bond acceptors (Lipinski definition) is 4. The summed E-state index contributed by atoms with van der Waals surface area (Å²) >= 11 is 7.37. The number of ether oxygens (including phenoxy) is 1. The second-order valence-corrected chi connectivity index (χ2v) is 4.83. The smallest absolute Gasteiger partial charge is 0.338 e. The van der Waals surface area contributed by atoms with Gasteiger partial charge in [-0.05, 0) is 29.6 Å². The van der Waals surface area contributed by atoms with Gasteiger partial charge in [-0.2, -0.15) is 0 Å². The first-order valence-corrected chi connectivity index (χ1v) is 6.17. The van der Waals surface area contributed by atoms with Gasteiger partial charge in [0.1, 0.15) is 6.61 Å². The fraction of sp³-hybridized carbons (Fsp3) is 0.0833. The van der Waals surface area contributed by atoms with Crippen LogP contribution in [0.25, 0.3) is 0 Å². The molecule has 0 fully saturated rings. The summed E-state index contributed by atoms with van der Waals surface area (Å²) in [6.07, 6.45) is 0. The predicted octanol–water partition coefficient (Wildman–Crippen LogP) is 3.34. The zero-order valence-corrected chi connectivity index (χ0v) is 10.4. The molecule has 5 heteroatoms. The Morgan fingerprint density at radius 2 is 2.24 bits per heavy atom. The minimum atomic E-state index is -0.402. The van der Waals surface area contributed by atoms with Crippen molar-refractivity contribution in [2.75, 3.05) is 5.73 Å². The van der Waals surface area contributed by atoms with E-state index in [1.54, 1.807) is 23.5 Å². The lowest BCUT2D eigenvalue weighted by Crippen LogP contribution is -2.04. The molecule has 0 aliphatic rings. The standard InChI is InChI=1S/C12H10ClNO2S/c13-10-6-8(3-4-11(10)14)12(15)16-7-9-2-1-5-17-9/h1-6H,7,14H2. The number of hydrogen-bond donors (Lipinski definition) is 1. The number of carbonyl (C=O) groups is 1. The lowest BCUT2D eigenvalue weighted by atomic mass is 10.2. The van der Waals surface area contributed by atoms with E-state index in [2.05, 4.69) is 0 Å². The van der Waals surface area contributed by atoms with Crippen LogP contribution in [0.4, 0.5) is 5.69 Å². The number of carbonyl (C=O) groups excluding carboxylic acids is 1. The van der Waals surface area contributed by atoms with Crippen molar-refractivity contribution in [2.45, 2.75) is 6.61 Å². The molecule has 0 saturated carbocycles. The van der Waals surface area contributed by atoms with E-state index in [0.717, 1.165) is 4.88 Å². The highest BCUT2D eigenvalue weighted by Crippen LogP contribution is 2.20. The van der Waals surface area contributed by atoms with Crippen LogP contribution in [0.5, 0.6) is 0 Å². The van der Waals surface area contributed by atoms with Crippen LogP contribution >= 0.6 is 22.9 Å². The summed E-state index contributed by atoms with van der Waals surface area (Å²) in [5.41, 5.74) is 6.41. The Balaban J connectivity index is 2.02. The first-order valence-electron chi connectivity index (χ1n) is 4.91. The third-order valence-corrected chi connectivity index (χ3v) is 3.34. The number of esters is 1. The number of rotatable bonds is 3. The van der Waals surface area contributed by atoms with Crippen molar-refractivity contribution in [3.05, 3.63) is 51.2 Å². The molecular formula is C12H10ClNO2S. The van der Waals surface area contributed by atoms with Gasteiger partial charge in [-0.3, -0.25) is 0 Å². The van der Waals surface area contributed by atoms with Crippen molar-refractivity contribution in [3.63, 3.8) is 0 Å². The van der Waals surface area contributed by atoms with Gasteiger partial charge in [0.05, 0.1) is 16.3 Å². The largest absolute Gasteiger partial charge is 0.456 e. The molecule has 0 aliphatic heterocycles. The van der Waals surface area contributed by atoms with Gasteiger partial charge in [0.15, 0.2) is 0 Å². The van der Waals surface area contributed by atoms with Crippen molar-refractivity contribution < 1.29 is 9.53 Å². The normalized spacial score (nSPS) is 10.2. The van der Waals surface area contributed by atoms with E-state index in [0.29, 0.717) is 16.3 Å². The average molecular weight is 268 g/mol. The van der Waals surface area contributed by atoms with Crippen LogP contribution in [0.15, 0.2) is 35.7 Å². The van der Waals surface area contributed by atoms with Gasteiger partial charge in [0, 0.05) is 4.88 Å². The molecule has 0 amide bonds. The number of halogens is 1. The summed E-state index contributed by atoms with van der Waals surface area (Å²) in [6, 6.07) is 8.51. The van der Waals surface area contributed by atoms with Crippen molar-refractivity contribution in [3.8, 4) is 0 Å². The fourth-order valence-corrected chi connectivity index (χ4v) is 2.07. The van der Waals surface area contributed by atoms with E-state index in [4.69, 9.17) is 22.1 Å². The van der Waals surface area contributed by atoms with Gasteiger partial charge in [-0.15, -0.1) is 11.3 Å². The molecule has 1 heterocycles. The summed E-state index contributed by atoms with van der Waals surface area (Å²) in [5.74, 6) is -0.402. The molecule has 0 saturated heterocycles. The summed E-state index contributed by atoms with van der Waals surface area (Å²) in [5, 5.41) is 2.29. The van der Waals surface area contributed by atoms with Gasteiger partial charge >= 0.3 is 5.97 Å². The Labute approximate surface area is 108 Å². The fourth-order valence-electron chi connectivity index (χ4n) is 1.27. The monoisotopic (exact) mass is 267 g/mol. The van der Waals surface area contributed by atoms with Crippen LogP contribution in [0, 0.1) is 0 Å². The van der Waals surface area contributed by atoms with E-state index in [1.165, 1.54) is 6.07 Å².